The van der Waals surface area contributed by atoms with Crippen LogP contribution in [0.1, 0.15) is 0 Å². The number of halogens is 1. The van der Waals surface area contributed by atoms with Crippen molar-refractivity contribution in [1.82, 2.24) is 14.8 Å². The van der Waals surface area contributed by atoms with Gasteiger partial charge >= 0.3 is 6.03 Å². The molecule has 0 radical (unpaired) electrons. The lowest BCUT2D eigenvalue weighted by molar-refractivity contribution is 0.262. The summed E-state index contributed by atoms with van der Waals surface area (Å²) in [5.41, 5.74) is 2.66. The first-order valence-corrected chi connectivity index (χ1v) is 8.85. The van der Waals surface area contributed by atoms with Gasteiger partial charge in [0.15, 0.2) is 0 Å². The van der Waals surface area contributed by atoms with E-state index in [-0.39, 0.29) is 5.82 Å². The zero-order valence-electron chi connectivity index (χ0n) is 15.5. The fraction of sp³-hybridized carbons (Fsp3) is 0.0476. The third-order valence-corrected chi connectivity index (χ3v) is 4.23. The van der Waals surface area contributed by atoms with Gasteiger partial charge in [0.05, 0.1) is 5.69 Å². The maximum absolute atomic E-state index is 13.0. The highest BCUT2D eigenvalue weighted by molar-refractivity contribution is 6.00. The minimum absolute atomic E-state index is 0.366. The van der Waals surface area contributed by atoms with Crippen molar-refractivity contribution >= 4 is 17.4 Å². The molecule has 2 aromatic heterocycles. The molecule has 0 atom stereocenters. The molecule has 2 heterocycles. The molecule has 0 aliphatic carbocycles. The Morgan fingerprint density at radius 2 is 1.83 bits per heavy atom. The average molecular weight is 391 g/mol. The highest BCUT2D eigenvalue weighted by Crippen LogP contribution is 2.35. The van der Waals surface area contributed by atoms with Crippen LogP contribution >= 0.6 is 0 Å². The van der Waals surface area contributed by atoms with Crippen molar-refractivity contribution in [3.63, 3.8) is 0 Å². The highest BCUT2D eigenvalue weighted by Gasteiger charge is 2.13. The third kappa shape index (κ3) is 4.27. The van der Waals surface area contributed by atoms with Gasteiger partial charge in [-0.3, -0.25) is 4.68 Å². The number of aromatic nitrogens is 3. The number of hydrogen-bond donors (Lipinski definition) is 3. The number of hydrogen-bond acceptors (Lipinski definition) is 3. The van der Waals surface area contributed by atoms with Gasteiger partial charge < -0.3 is 20.4 Å². The molecular formula is C21H18FN5O2. The average Bonchev–Trinajstić information content (AvgIpc) is 3.36. The van der Waals surface area contributed by atoms with Gasteiger partial charge in [-0.2, -0.15) is 5.10 Å². The van der Waals surface area contributed by atoms with Crippen LogP contribution in [-0.4, -0.2) is 20.8 Å². The molecule has 3 N–H and O–H groups in total. The number of urea groups is 1. The van der Waals surface area contributed by atoms with Gasteiger partial charge in [-0.25, -0.2) is 9.18 Å². The standard InChI is InChI=1S/C21H18FN5O2/c1-27-19(9-11-24-27)18-12-16(6-7-20(18)29-17-8-10-23-13-17)26-21(28)25-15-4-2-14(22)3-5-15/h2-13,23H,1H3,(H2,25,26,28). The van der Waals surface area contributed by atoms with Crippen molar-refractivity contribution in [2.24, 2.45) is 7.05 Å². The summed E-state index contributed by atoms with van der Waals surface area (Å²) < 4.78 is 20.7. The Morgan fingerprint density at radius 1 is 1.07 bits per heavy atom. The first kappa shape index (κ1) is 18.3. The molecule has 2 amide bonds. The maximum atomic E-state index is 13.0. The molecule has 0 saturated heterocycles. The zero-order valence-corrected chi connectivity index (χ0v) is 15.5. The molecule has 0 fully saturated rings. The Hall–Kier alpha value is -4.07. The molecule has 0 aliphatic rings. The van der Waals surface area contributed by atoms with E-state index in [4.69, 9.17) is 4.74 Å². The lowest BCUT2D eigenvalue weighted by Crippen LogP contribution is -2.19. The molecule has 8 heteroatoms. The van der Waals surface area contributed by atoms with Crippen molar-refractivity contribution in [1.29, 1.82) is 0 Å². The third-order valence-electron chi connectivity index (χ3n) is 4.23. The maximum Gasteiger partial charge on any atom is 0.323 e. The second kappa shape index (κ2) is 7.89. The molecule has 0 bridgehead atoms. The summed E-state index contributed by atoms with van der Waals surface area (Å²) in [6.45, 7) is 0. The zero-order chi connectivity index (χ0) is 20.2. The lowest BCUT2D eigenvalue weighted by atomic mass is 10.1. The van der Waals surface area contributed by atoms with Gasteiger partial charge in [0.1, 0.15) is 17.3 Å². The van der Waals surface area contributed by atoms with Gasteiger partial charge in [-0.1, -0.05) is 0 Å². The number of nitrogens with zero attached hydrogens (tertiary/aromatic N) is 2. The number of nitrogens with one attached hydrogen (secondary N) is 3. The molecule has 2 aromatic carbocycles. The van der Waals surface area contributed by atoms with Gasteiger partial charge in [0.25, 0.3) is 0 Å². The number of aryl methyl sites for hydroxylation is 1. The predicted molar refractivity (Wildman–Crippen MR) is 109 cm³/mol. The number of carbonyl (C=O) groups excluding carboxylic acids is 1. The van der Waals surface area contributed by atoms with E-state index in [1.54, 1.807) is 35.4 Å². The first-order valence-electron chi connectivity index (χ1n) is 8.85. The van der Waals surface area contributed by atoms with Crippen LogP contribution in [0.5, 0.6) is 11.5 Å². The van der Waals surface area contributed by atoms with E-state index >= 15 is 0 Å². The van der Waals surface area contributed by atoms with Gasteiger partial charge in [-0.15, -0.1) is 0 Å². The van der Waals surface area contributed by atoms with E-state index in [1.807, 2.05) is 25.2 Å². The van der Waals surface area contributed by atoms with Gasteiger partial charge in [0.2, 0.25) is 0 Å². The van der Waals surface area contributed by atoms with Crippen LogP contribution in [0.2, 0.25) is 0 Å². The largest absolute Gasteiger partial charge is 0.455 e. The summed E-state index contributed by atoms with van der Waals surface area (Å²) in [5.74, 6) is 0.927. The summed E-state index contributed by atoms with van der Waals surface area (Å²) in [6.07, 6.45) is 5.21. The Bertz CT molecular complexity index is 1120. The summed E-state index contributed by atoms with van der Waals surface area (Å²) in [5, 5.41) is 9.65. The second-order valence-corrected chi connectivity index (χ2v) is 6.29. The molecule has 0 saturated carbocycles. The van der Waals surface area contributed by atoms with E-state index in [0.717, 1.165) is 11.3 Å². The number of carbonyl (C=O) groups is 1. The van der Waals surface area contributed by atoms with Crippen LogP contribution < -0.4 is 15.4 Å². The minimum atomic E-state index is -0.438. The van der Waals surface area contributed by atoms with E-state index in [9.17, 15) is 9.18 Å². The van der Waals surface area contributed by atoms with E-state index in [2.05, 4.69) is 20.7 Å². The van der Waals surface area contributed by atoms with Crippen molar-refractivity contribution in [3.05, 3.63) is 79.0 Å². The minimum Gasteiger partial charge on any atom is -0.455 e. The summed E-state index contributed by atoms with van der Waals surface area (Å²) in [4.78, 5) is 15.3. The van der Waals surface area contributed by atoms with Crippen molar-refractivity contribution in [3.8, 4) is 22.8 Å². The predicted octanol–water partition coefficient (Wildman–Crippen LogP) is 4.99. The van der Waals surface area contributed by atoms with Crippen LogP contribution in [0.15, 0.2) is 73.2 Å². The van der Waals surface area contributed by atoms with Crippen LogP contribution in [0.3, 0.4) is 0 Å². The number of aromatic amines is 1. The molecular weight excluding hydrogens is 373 g/mol. The smallest absolute Gasteiger partial charge is 0.323 e. The summed E-state index contributed by atoms with van der Waals surface area (Å²) >= 11 is 0. The molecule has 0 spiro atoms. The second-order valence-electron chi connectivity index (χ2n) is 6.29. The van der Waals surface area contributed by atoms with Crippen LogP contribution in [0.4, 0.5) is 20.6 Å². The van der Waals surface area contributed by atoms with Crippen LogP contribution in [-0.2, 0) is 7.05 Å². The van der Waals surface area contributed by atoms with Crippen molar-refractivity contribution < 1.29 is 13.9 Å². The summed E-state index contributed by atoms with van der Waals surface area (Å²) in [7, 11) is 1.83. The molecule has 0 unspecified atom stereocenters. The van der Waals surface area contributed by atoms with E-state index in [1.165, 1.54) is 24.3 Å². The Balaban J connectivity index is 1.58. The van der Waals surface area contributed by atoms with Crippen LogP contribution in [0, 0.1) is 5.82 Å². The van der Waals surface area contributed by atoms with Crippen LogP contribution in [0.25, 0.3) is 11.3 Å². The SMILES string of the molecule is Cn1nccc1-c1cc(NC(=O)Nc2ccc(F)cc2)ccc1Oc1cc[nH]c1. The highest BCUT2D eigenvalue weighted by atomic mass is 19.1. The normalized spacial score (nSPS) is 10.6. The molecule has 146 valence electrons. The topological polar surface area (TPSA) is 84.0 Å². The van der Waals surface area contributed by atoms with Crippen molar-refractivity contribution in [2.75, 3.05) is 10.6 Å². The monoisotopic (exact) mass is 391 g/mol. The summed E-state index contributed by atoms with van der Waals surface area (Å²) in [6, 6.07) is 14.1. The number of H-pyrrole nitrogens is 1. The van der Waals surface area contributed by atoms with Gasteiger partial charge in [0, 0.05) is 42.6 Å². The fourth-order valence-corrected chi connectivity index (χ4v) is 2.86. The lowest BCUT2D eigenvalue weighted by Gasteiger charge is -2.14. The molecule has 4 rings (SSSR count). The molecule has 7 nitrogen and oxygen atoms in total. The number of anilines is 2. The Labute approximate surface area is 166 Å². The van der Waals surface area contributed by atoms with Crippen molar-refractivity contribution in [2.45, 2.75) is 0 Å². The number of ether oxygens (including phenoxy) is 1. The number of benzene rings is 2. The quantitative estimate of drug-likeness (QED) is 0.448. The van der Waals surface area contributed by atoms with E-state index in [0.29, 0.717) is 22.9 Å². The fourth-order valence-electron chi connectivity index (χ4n) is 2.86. The number of amides is 2. The Morgan fingerprint density at radius 3 is 2.52 bits per heavy atom. The Kier molecular flexibility index (Phi) is 4.98. The van der Waals surface area contributed by atoms with Gasteiger partial charge in [-0.05, 0) is 54.6 Å². The number of rotatable bonds is 5. The first-order chi connectivity index (χ1) is 14.1. The van der Waals surface area contributed by atoms with E-state index < -0.39 is 6.03 Å². The molecule has 29 heavy (non-hydrogen) atoms. The molecule has 0 aliphatic heterocycles. The molecule has 4 aromatic rings.